The molecule has 1 saturated carbocycles. The first-order valence-corrected chi connectivity index (χ1v) is 6.13. The van der Waals surface area contributed by atoms with Crippen LogP contribution in [0.1, 0.15) is 44.2 Å². The van der Waals surface area contributed by atoms with Gasteiger partial charge in [0.25, 0.3) is 0 Å². The van der Waals surface area contributed by atoms with Crippen LogP contribution < -0.4 is 10.5 Å². The normalized spacial score (nSPS) is 17.1. The van der Waals surface area contributed by atoms with E-state index in [0.717, 1.165) is 36.7 Å². The average Bonchev–Trinajstić information content (AvgIpc) is 3.10. The van der Waals surface area contributed by atoms with Crippen molar-refractivity contribution in [2.75, 3.05) is 6.61 Å². The van der Waals surface area contributed by atoms with Crippen molar-refractivity contribution in [3.05, 3.63) is 24.0 Å². The maximum absolute atomic E-state index is 6.14. The molecular weight excluding hydrogens is 200 g/mol. The van der Waals surface area contributed by atoms with Crippen molar-refractivity contribution >= 4 is 0 Å². The van der Waals surface area contributed by atoms with E-state index < -0.39 is 0 Å². The quantitative estimate of drug-likeness (QED) is 0.801. The minimum Gasteiger partial charge on any atom is -0.492 e. The predicted octanol–water partition coefficient (Wildman–Crippen LogP) is 2.67. The monoisotopic (exact) mass is 220 g/mol. The third-order valence-corrected chi connectivity index (χ3v) is 2.92. The standard InChI is InChI=1S/C13H20N2O/c1-2-5-16-12-7-11(8-15-9-12)13(14)6-10-3-4-10/h7-10,13H,2-6,14H2,1H3. The SMILES string of the molecule is CCCOc1cncc(C(N)CC2CC2)c1. The van der Waals surface area contributed by atoms with E-state index in [1.807, 2.05) is 12.3 Å². The Labute approximate surface area is 97.0 Å². The van der Waals surface area contributed by atoms with Gasteiger partial charge in [0, 0.05) is 12.2 Å². The molecule has 1 fully saturated rings. The molecule has 16 heavy (non-hydrogen) atoms. The molecule has 3 heteroatoms. The van der Waals surface area contributed by atoms with E-state index in [1.54, 1.807) is 6.20 Å². The second kappa shape index (κ2) is 5.30. The Morgan fingerprint density at radius 3 is 3.00 bits per heavy atom. The molecule has 1 aliphatic carbocycles. The van der Waals surface area contributed by atoms with Gasteiger partial charge in [-0.2, -0.15) is 0 Å². The Morgan fingerprint density at radius 1 is 1.50 bits per heavy atom. The van der Waals surface area contributed by atoms with Gasteiger partial charge in [-0.15, -0.1) is 0 Å². The van der Waals surface area contributed by atoms with Gasteiger partial charge in [-0.3, -0.25) is 4.98 Å². The number of aromatic nitrogens is 1. The molecule has 0 saturated heterocycles. The van der Waals surface area contributed by atoms with Gasteiger partial charge in [0.1, 0.15) is 5.75 Å². The van der Waals surface area contributed by atoms with E-state index in [-0.39, 0.29) is 6.04 Å². The first kappa shape index (κ1) is 11.4. The number of hydrogen-bond donors (Lipinski definition) is 1. The fraction of sp³-hybridized carbons (Fsp3) is 0.615. The predicted molar refractivity (Wildman–Crippen MR) is 64.3 cm³/mol. The van der Waals surface area contributed by atoms with Crippen molar-refractivity contribution in [3.8, 4) is 5.75 Å². The van der Waals surface area contributed by atoms with Crippen molar-refractivity contribution in [1.29, 1.82) is 0 Å². The number of nitrogens with zero attached hydrogens (tertiary/aromatic N) is 1. The molecule has 0 bridgehead atoms. The van der Waals surface area contributed by atoms with Gasteiger partial charge in [0.05, 0.1) is 12.8 Å². The van der Waals surface area contributed by atoms with Crippen molar-refractivity contribution in [2.45, 2.75) is 38.6 Å². The zero-order valence-corrected chi connectivity index (χ0v) is 9.86. The molecule has 88 valence electrons. The molecule has 0 spiro atoms. The maximum atomic E-state index is 6.14. The fourth-order valence-electron chi connectivity index (χ4n) is 1.79. The second-order valence-electron chi connectivity index (χ2n) is 4.59. The third-order valence-electron chi connectivity index (χ3n) is 2.92. The summed E-state index contributed by atoms with van der Waals surface area (Å²) in [6, 6.07) is 2.14. The third kappa shape index (κ3) is 3.20. The van der Waals surface area contributed by atoms with Crippen LogP contribution in [0, 0.1) is 5.92 Å². The summed E-state index contributed by atoms with van der Waals surface area (Å²) >= 11 is 0. The summed E-state index contributed by atoms with van der Waals surface area (Å²) in [5, 5.41) is 0. The van der Waals surface area contributed by atoms with E-state index in [4.69, 9.17) is 10.5 Å². The number of pyridine rings is 1. The van der Waals surface area contributed by atoms with Crippen molar-refractivity contribution in [3.63, 3.8) is 0 Å². The van der Waals surface area contributed by atoms with E-state index in [1.165, 1.54) is 12.8 Å². The highest BCUT2D eigenvalue weighted by molar-refractivity contribution is 5.26. The number of ether oxygens (including phenoxy) is 1. The van der Waals surface area contributed by atoms with E-state index in [2.05, 4.69) is 11.9 Å². The number of nitrogens with two attached hydrogens (primary N) is 1. The molecule has 0 amide bonds. The Morgan fingerprint density at radius 2 is 2.31 bits per heavy atom. The number of hydrogen-bond acceptors (Lipinski definition) is 3. The highest BCUT2D eigenvalue weighted by atomic mass is 16.5. The van der Waals surface area contributed by atoms with Gasteiger partial charge >= 0.3 is 0 Å². The molecular formula is C13H20N2O. The summed E-state index contributed by atoms with van der Waals surface area (Å²) in [7, 11) is 0. The van der Waals surface area contributed by atoms with Crippen LogP contribution in [0.3, 0.4) is 0 Å². The van der Waals surface area contributed by atoms with Gasteiger partial charge in [-0.1, -0.05) is 19.8 Å². The molecule has 1 heterocycles. The van der Waals surface area contributed by atoms with E-state index in [0.29, 0.717) is 0 Å². The second-order valence-corrected chi connectivity index (χ2v) is 4.59. The van der Waals surface area contributed by atoms with Gasteiger partial charge in [0.15, 0.2) is 0 Å². The van der Waals surface area contributed by atoms with Crippen LogP contribution in [0.25, 0.3) is 0 Å². The van der Waals surface area contributed by atoms with Crippen molar-refractivity contribution in [1.82, 2.24) is 4.98 Å². The molecule has 1 aromatic rings. The lowest BCUT2D eigenvalue weighted by molar-refractivity contribution is 0.315. The molecule has 1 unspecified atom stereocenters. The van der Waals surface area contributed by atoms with Crippen LogP contribution in [0.2, 0.25) is 0 Å². The first-order valence-electron chi connectivity index (χ1n) is 6.13. The van der Waals surface area contributed by atoms with Crippen LogP contribution in [-0.2, 0) is 0 Å². The fourth-order valence-corrected chi connectivity index (χ4v) is 1.79. The smallest absolute Gasteiger partial charge is 0.137 e. The molecule has 2 rings (SSSR count). The van der Waals surface area contributed by atoms with Gasteiger partial charge in [-0.05, 0) is 30.4 Å². The topological polar surface area (TPSA) is 48.1 Å². The first-order chi connectivity index (χ1) is 7.79. The summed E-state index contributed by atoms with van der Waals surface area (Å²) in [6.07, 6.45) is 8.38. The highest BCUT2D eigenvalue weighted by Gasteiger charge is 2.24. The maximum Gasteiger partial charge on any atom is 0.137 e. The zero-order valence-electron chi connectivity index (χ0n) is 9.86. The minimum absolute atomic E-state index is 0.116. The molecule has 0 aromatic carbocycles. The lowest BCUT2D eigenvalue weighted by atomic mass is 10.0. The average molecular weight is 220 g/mol. The Hall–Kier alpha value is -1.09. The molecule has 1 atom stereocenters. The summed E-state index contributed by atoms with van der Waals surface area (Å²) in [6.45, 7) is 2.83. The van der Waals surface area contributed by atoms with E-state index in [9.17, 15) is 0 Å². The van der Waals surface area contributed by atoms with Crippen LogP contribution >= 0.6 is 0 Å². The van der Waals surface area contributed by atoms with Crippen LogP contribution in [0.15, 0.2) is 18.5 Å². The Balaban J connectivity index is 1.96. The van der Waals surface area contributed by atoms with Gasteiger partial charge in [-0.25, -0.2) is 0 Å². The summed E-state index contributed by atoms with van der Waals surface area (Å²) < 4.78 is 5.55. The van der Waals surface area contributed by atoms with Gasteiger partial charge < -0.3 is 10.5 Å². The van der Waals surface area contributed by atoms with Crippen LogP contribution in [-0.4, -0.2) is 11.6 Å². The van der Waals surface area contributed by atoms with Crippen LogP contribution in [0.5, 0.6) is 5.75 Å². The zero-order chi connectivity index (χ0) is 11.4. The van der Waals surface area contributed by atoms with Gasteiger partial charge in [0.2, 0.25) is 0 Å². The summed E-state index contributed by atoms with van der Waals surface area (Å²) in [4.78, 5) is 4.18. The largest absolute Gasteiger partial charge is 0.492 e. The lowest BCUT2D eigenvalue weighted by Crippen LogP contribution is -2.11. The molecule has 2 N–H and O–H groups in total. The molecule has 0 aliphatic heterocycles. The van der Waals surface area contributed by atoms with Crippen LogP contribution in [0.4, 0.5) is 0 Å². The molecule has 1 aliphatic rings. The lowest BCUT2D eigenvalue weighted by Gasteiger charge is -2.12. The molecule has 0 radical (unpaired) electrons. The van der Waals surface area contributed by atoms with Crippen molar-refractivity contribution in [2.24, 2.45) is 11.7 Å². The van der Waals surface area contributed by atoms with Crippen molar-refractivity contribution < 1.29 is 4.74 Å². The molecule has 1 aromatic heterocycles. The highest BCUT2D eigenvalue weighted by Crippen LogP contribution is 2.36. The molecule has 3 nitrogen and oxygen atoms in total. The summed E-state index contributed by atoms with van der Waals surface area (Å²) in [5.41, 5.74) is 7.24. The summed E-state index contributed by atoms with van der Waals surface area (Å²) in [5.74, 6) is 1.68. The number of rotatable bonds is 6. The Bertz CT molecular complexity index is 336. The van der Waals surface area contributed by atoms with E-state index >= 15 is 0 Å². The minimum atomic E-state index is 0.116. The Kier molecular flexibility index (Phi) is 3.78.